The first-order chi connectivity index (χ1) is 7.77. The Hall–Kier alpha value is -1.54. The van der Waals surface area contributed by atoms with Gasteiger partial charge in [-0.1, -0.05) is 35.9 Å². The number of nitrogens with zero attached hydrogens (tertiary/aromatic N) is 1. The minimum Gasteiger partial charge on any atom is -0.383 e. The summed E-state index contributed by atoms with van der Waals surface area (Å²) in [4.78, 5) is 4.06. The molecule has 0 aliphatic heterocycles. The molecule has 0 saturated carbocycles. The lowest BCUT2D eigenvalue weighted by Gasteiger charge is -2.05. The third-order valence-corrected chi connectivity index (χ3v) is 2.92. The van der Waals surface area contributed by atoms with E-state index < -0.39 is 0 Å². The molecule has 3 heteroatoms. The molecule has 0 unspecified atom stereocenters. The van der Waals surface area contributed by atoms with Gasteiger partial charge < -0.3 is 5.73 Å². The van der Waals surface area contributed by atoms with Crippen LogP contribution < -0.4 is 5.73 Å². The minimum absolute atomic E-state index is 0.606. The van der Waals surface area contributed by atoms with E-state index in [0.29, 0.717) is 5.82 Å². The average Bonchev–Trinajstić information content (AvgIpc) is 2.30. The molecule has 0 spiro atoms. The quantitative estimate of drug-likeness (QED) is 0.883. The smallest absolute Gasteiger partial charge is 0.126 e. The number of pyridine rings is 1. The Morgan fingerprint density at radius 1 is 1.00 bits per heavy atom. The van der Waals surface area contributed by atoms with Gasteiger partial charge in [-0.25, -0.2) is 4.98 Å². The Morgan fingerprint density at radius 3 is 2.44 bits per heavy atom. The number of aromatic nitrogens is 1. The fraction of sp³-hybridized carbons (Fsp3) is 0.154. The van der Waals surface area contributed by atoms with Gasteiger partial charge >= 0.3 is 0 Å². The predicted molar refractivity (Wildman–Crippen MR) is 67.5 cm³/mol. The van der Waals surface area contributed by atoms with Crippen molar-refractivity contribution in [3.05, 3.63) is 58.7 Å². The van der Waals surface area contributed by atoms with Crippen LogP contribution in [0.5, 0.6) is 0 Å². The molecule has 0 saturated heterocycles. The minimum atomic E-state index is 0.606. The molecule has 0 bridgehead atoms. The lowest BCUT2D eigenvalue weighted by atomic mass is 10.1. The maximum Gasteiger partial charge on any atom is 0.126 e. The second-order valence-corrected chi connectivity index (χ2v) is 4.05. The van der Waals surface area contributed by atoms with Crippen LogP contribution in [0.4, 0.5) is 5.82 Å². The number of halogens is 1. The fourth-order valence-corrected chi connectivity index (χ4v) is 1.86. The van der Waals surface area contributed by atoms with E-state index >= 15 is 0 Å². The molecule has 1 aromatic heterocycles. The summed E-state index contributed by atoms with van der Waals surface area (Å²) in [6.07, 6.45) is 3.45. The third kappa shape index (κ3) is 2.52. The second kappa shape index (κ2) is 4.99. The average molecular weight is 233 g/mol. The van der Waals surface area contributed by atoms with Crippen molar-refractivity contribution in [1.29, 1.82) is 0 Å². The van der Waals surface area contributed by atoms with Gasteiger partial charge in [0.15, 0.2) is 0 Å². The Bertz CT molecular complexity index is 437. The van der Waals surface area contributed by atoms with Crippen LogP contribution in [0.3, 0.4) is 0 Å². The summed E-state index contributed by atoms with van der Waals surface area (Å²) in [6, 6.07) is 11.8. The number of nitrogens with two attached hydrogens (primary N) is 1. The number of benzene rings is 1. The van der Waals surface area contributed by atoms with Crippen molar-refractivity contribution in [3.8, 4) is 0 Å². The molecule has 82 valence electrons. The van der Waals surface area contributed by atoms with Gasteiger partial charge in [0.25, 0.3) is 0 Å². The van der Waals surface area contributed by atoms with Crippen molar-refractivity contribution in [2.45, 2.75) is 12.8 Å². The van der Waals surface area contributed by atoms with Gasteiger partial charge in [-0.05, 0) is 36.1 Å². The van der Waals surface area contributed by atoms with Crippen LogP contribution in [0.25, 0.3) is 0 Å². The first-order valence-corrected chi connectivity index (χ1v) is 5.58. The van der Waals surface area contributed by atoms with Crippen molar-refractivity contribution in [2.24, 2.45) is 0 Å². The van der Waals surface area contributed by atoms with Gasteiger partial charge in [-0.3, -0.25) is 0 Å². The highest BCUT2D eigenvalue weighted by Crippen LogP contribution is 2.18. The van der Waals surface area contributed by atoms with Gasteiger partial charge in [-0.2, -0.15) is 0 Å². The van der Waals surface area contributed by atoms with Crippen LogP contribution in [0, 0.1) is 0 Å². The Morgan fingerprint density at radius 2 is 1.69 bits per heavy atom. The van der Waals surface area contributed by atoms with Crippen LogP contribution in [-0.4, -0.2) is 4.98 Å². The van der Waals surface area contributed by atoms with E-state index in [1.807, 2.05) is 36.4 Å². The zero-order chi connectivity index (χ0) is 11.4. The molecule has 1 aromatic carbocycles. The molecule has 0 aliphatic rings. The summed E-state index contributed by atoms with van der Waals surface area (Å²) in [5.74, 6) is 0.606. The molecule has 0 fully saturated rings. The first-order valence-electron chi connectivity index (χ1n) is 5.20. The van der Waals surface area contributed by atoms with E-state index in [1.54, 1.807) is 6.20 Å². The van der Waals surface area contributed by atoms with Gasteiger partial charge in [-0.15, -0.1) is 0 Å². The van der Waals surface area contributed by atoms with Crippen LogP contribution in [0.2, 0.25) is 5.02 Å². The van der Waals surface area contributed by atoms with Crippen LogP contribution in [0.1, 0.15) is 11.1 Å². The normalized spacial score (nSPS) is 10.3. The molecule has 0 radical (unpaired) electrons. The molecular formula is C13H13ClN2. The second-order valence-electron chi connectivity index (χ2n) is 3.64. The van der Waals surface area contributed by atoms with E-state index in [9.17, 15) is 0 Å². The Kier molecular flexibility index (Phi) is 3.42. The summed E-state index contributed by atoms with van der Waals surface area (Å²) in [5.41, 5.74) is 8.00. The van der Waals surface area contributed by atoms with Crippen LogP contribution in [0.15, 0.2) is 42.6 Å². The van der Waals surface area contributed by atoms with E-state index in [2.05, 4.69) is 4.98 Å². The van der Waals surface area contributed by atoms with Crippen molar-refractivity contribution < 1.29 is 0 Å². The summed E-state index contributed by atoms with van der Waals surface area (Å²) in [5, 5.41) is 0.810. The van der Waals surface area contributed by atoms with Crippen molar-refractivity contribution in [2.75, 3.05) is 5.73 Å². The Balaban J connectivity index is 2.09. The molecule has 2 aromatic rings. The number of nitrogen functional groups attached to an aromatic ring is 1. The summed E-state index contributed by atoms with van der Waals surface area (Å²) >= 11 is 6.08. The van der Waals surface area contributed by atoms with E-state index in [4.69, 9.17) is 17.3 Å². The van der Waals surface area contributed by atoms with Gasteiger partial charge in [0.1, 0.15) is 5.82 Å². The fourth-order valence-electron chi connectivity index (χ4n) is 1.63. The number of rotatable bonds is 3. The molecule has 2 rings (SSSR count). The zero-order valence-electron chi connectivity index (χ0n) is 8.86. The third-order valence-electron chi connectivity index (χ3n) is 2.55. The van der Waals surface area contributed by atoms with E-state index in [-0.39, 0.29) is 0 Å². The topological polar surface area (TPSA) is 38.9 Å². The highest BCUT2D eigenvalue weighted by Gasteiger charge is 2.02. The van der Waals surface area contributed by atoms with Crippen molar-refractivity contribution in [1.82, 2.24) is 4.98 Å². The molecule has 2 nitrogen and oxygen atoms in total. The van der Waals surface area contributed by atoms with Crippen LogP contribution in [-0.2, 0) is 12.8 Å². The maximum atomic E-state index is 6.08. The maximum absolute atomic E-state index is 6.08. The monoisotopic (exact) mass is 232 g/mol. The van der Waals surface area contributed by atoms with Crippen LogP contribution >= 0.6 is 11.6 Å². The highest BCUT2D eigenvalue weighted by atomic mass is 35.5. The molecule has 0 amide bonds. The number of hydrogen-bond acceptors (Lipinski definition) is 2. The lowest BCUT2D eigenvalue weighted by molar-refractivity contribution is 0.954. The van der Waals surface area contributed by atoms with Crippen molar-refractivity contribution >= 4 is 17.4 Å². The van der Waals surface area contributed by atoms with Gasteiger partial charge in [0, 0.05) is 11.2 Å². The molecule has 0 atom stereocenters. The molecular weight excluding hydrogens is 220 g/mol. The summed E-state index contributed by atoms with van der Waals surface area (Å²) < 4.78 is 0. The summed E-state index contributed by atoms with van der Waals surface area (Å²) in [6.45, 7) is 0. The van der Waals surface area contributed by atoms with Gasteiger partial charge in [0.05, 0.1) is 0 Å². The number of anilines is 1. The standard InChI is InChI=1S/C13H13ClN2/c14-12-6-2-1-4-10(12)7-8-11-5-3-9-16-13(11)15/h1-6,9H,7-8H2,(H2,15,16). The predicted octanol–water partition coefficient (Wildman–Crippen LogP) is 3.10. The van der Waals surface area contributed by atoms with E-state index in [1.165, 1.54) is 0 Å². The summed E-state index contributed by atoms with van der Waals surface area (Å²) in [7, 11) is 0. The van der Waals surface area contributed by atoms with Crippen molar-refractivity contribution in [3.63, 3.8) is 0 Å². The highest BCUT2D eigenvalue weighted by molar-refractivity contribution is 6.31. The molecule has 1 heterocycles. The number of aryl methyl sites for hydroxylation is 2. The zero-order valence-corrected chi connectivity index (χ0v) is 9.61. The van der Waals surface area contributed by atoms with E-state index in [0.717, 1.165) is 29.0 Å². The SMILES string of the molecule is Nc1ncccc1CCc1ccccc1Cl. The molecule has 2 N–H and O–H groups in total. The first kappa shape index (κ1) is 11.0. The molecule has 0 aliphatic carbocycles. The Labute approximate surface area is 100 Å². The lowest BCUT2D eigenvalue weighted by Crippen LogP contribution is -1.99. The largest absolute Gasteiger partial charge is 0.383 e. The van der Waals surface area contributed by atoms with Gasteiger partial charge in [0.2, 0.25) is 0 Å². The molecule has 16 heavy (non-hydrogen) atoms. The number of hydrogen-bond donors (Lipinski definition) is 1.